The Morgan fingerprint density at radius 1 is 1.26 bits per heavy atom. The van der Waals surface area contributed by atoms with Crippen LogP contribution in [-0.2, 0) is 4.74 Å². The van der Waals surface area contributed by atoms with Crippen LogP contribution in [0.2, 0.25) is 0 Å². The molecule has 3 unspecified atom stereocenters. The Labute approximate surface area is 110 Å². The van der Waals surface area contributed by atoms with Crippen LogP contribution < -0.4 is 5.32 Å². The number of fused-ring (bicyclic) bond motifs is 2. The molecule has 3 atom stereocenters. The number of nitrogens with zero attached hydrogens (tertiary/aromatic N) is 5. The lowest BCUT2D eigenvalue weighted by Crippen LogP contribution is -2.38. The standard InChI is InChI=1S/C12H16N6O/c1-2-9(8-6-7-19-10(8)3-1)13-11-4-5-12-14-16-17-18(12)15-11/h4-5,8-10H,1-3,6-7H2,(H,13,15). The molecule has 1 aliphatic carbocycles. The zero-order chi connectivity index (χ0) is 12.7. The highest BCUT2D eigenvalue weighted by Crippen LogP contribution is 2.35. The lowest BCUT2D eigenvalue weighted by Gasteiger charge is -2.33. The third-order valence-corrected chi connectivity index (χ3v) is 4.18. The van der Waals surface area contributed by atoms with E-state index in [-0.39, 0.29) is 0 Å². The molecule has 0 aromatic carbocycles. The summed E-state index contributed by atoms with van der Waals surface area (Å²) < 4.78 is 7.24. The van der Waals surface area contributed by atoms with Crippen LogP contribution in [0.4, 0.5) is 5.82 Å². The average molecular weight is 260 g/mol. The van der Waals surface area contributed by atoms with Gasteiger partial charge in [0.25, 0.3) is 0 Å². The molecule has 7 nitrogen and oxygen atoms in total. The first-order valence-corrected chi connectivity index (χ1v) is 6.84. The lowest BCUT2D eigenvalue weighted by atomic mass is 9.82. The van der Waals surface area contributed by atoms with Crippen LogP contribution >= 0.6 is 0 Å². The normalized spacial score (nSPS) is 30.4. The van der Waals surface area contributed by atoms with E-state index in [1.807, 2.05) is 12.1 Å². The zero-order valence-corrected chi connectivity index (χ0v) is 10.6. The first kappa shape index (κ1) is 11.1. The van der Waals surface area contributed by atoms with Crippen molar-refractivity contribution in [3.63, 3.8) is 0 Å². The van der Waals surface area contributed by atoms with Gasteiger partial charge in [0, 0.05) is 18.6 Å². The molecule has 0 spiro atoms. The Kier molecular flexibility index (Phi) is 2.58. The molecule has 2 aliphatic rings. The Bertz CT molecular complexity index is 584. The number of hydrogen-bond donors (Lipinski definition) is 1. The molecule has 3 heterocycles. The quantitative estimate of drug-likeness (QED) is 0.864. The van der Waals surface area contributed by atoms with E-state index in [4.69, 9.17) is 4.74 Å². The van der Waals surface area contributed by atoms with Gasteiger partial charge in [-0.15, -0.1) is 14.8 Å². The topological polar surface area (TPSA) is 77.2 Å². The third kappa shape index (κ3) is 1.94. The molecule has 7 heteroatoms. The molecule has 2 aromatic heterocycles. The van der Waals surface area contributed by atoms with E-state index in [1.165, 1.54) is 23.9 Å². The minimum atomic E-state index is 0.433. The van der Waals surface area contributed by atoms with Crippen molar-refractivity contribution in [3.8, 4) is 0 Å². The fourth-order valence-corrected chi connectivity index (χ4v) is 3.27. The fraction of sp³-hybridized carbons (Fsp3) is 0.667. The lowest BCUT2D eigenvalue weighted by molar-refractivity contribution is 0.0619. The first-order chi connectivity index (χ1) is 9.40. The van der Waals surface area contributed by atoms with Gasteiger partial charge in [0.05, 0.1) is 6.10 Å². The van der Waals surface area contributed by atoms with Crippen molar-refractivity contribution in [2.24, 2.45) is 5.92 Å². The monoisotopic (exact) mass is 260 g/mol. The van der Waals surface area contributed by atoms with E-state index in [0.717, 1.165) is 18.8 Å². The molecule has 19 heavy (non-hydrogen) atoms. The van der Waals surface area contributed by atoms with Gasteiger partial charge in [0.1, 0.15) is 5.82 Å². The summed E-state index contributed by atoms with van der Waals surface area (Å²) in [5, 5.41) is 19.2. The number of anilines is 1. The zero-order valence-electron chi connectivity index (χ0n) is 10.6. The van der Waals surface area contributed by atoms with Crippen LogP contribution in [0.3, 0.4) is 0 Å². The summed E-state index contributed by atoms with van der Waals surface area (Å²) in [5.41, 5.74) is 0.663. The summed E-state index contributed by atoms with van der Waals surface area (Å²) in [4.78, 5) is 0. The maximum Gasteiger partial charge on any atom is 0.200 e. The molecule has 100 valence electrons. The predicted octanol–water partition coefficient (Wildman–Crippen LogP) is 0.889. The minimum absolute atomic E-state index is 0.433. The van der Waals surface area contributed by atoms with Gasteiger partial charge in [0.2, 0.25) is 0 Å². The summed E-state index contributed by atoms with van der Waals surface area (Å²) >= 11 is 0. The average Bonchev–Trinajstić information content (AvgIpc) is 3.06. The predicted molar refractivity (Wildman–Crippen MR) is 67.7 cm³/mol. The largest absolute Gasteiger partial charge is 0.378 e. The minimum Gasteiger partial charge on any atom is -0.378 e. The van der Waals surface area contributed by atoms with Gasteiger partial charge in [-0.25, -0.2) is 0 Å². The van der Waals surface area contributed by atoms with Crippen molar-refractivity contribution in [2.45, 2.75) is 37.8 Å². The summed E-state index contributed by atoms with van der Waals surface area (Å²) in [6.45, 7) is 0.896. The second kappa shape index (κ2) is 4.41. The second-order valence-corrected chi connectivity index (χ2v) is 5.29. The number of hydrogen-bond acceptors (Lipinski definition) is 6. The molecule has 0 bridgehead atoms. The van der Waals surface area contributed by atoms with Gasteiger partial charge >= 0.3 is 0 Å². The molecule has 1 aliphatic heterocycles. The van der Waals surface area contributed by atoms with Gasteiger partial charge in [-0.2, -0.15) is 0 Å². The Morgan fingerprint density at radius 2 is 2.26 bits per heavy atom. The molecule has 4 rings (SSSR count). The van der Waals surface area contributed by atoms with Crippen LogP contribution in [0.5, 0.6) is 0 Å². The maximum absolute atomic E-state index is 5.78. The van der Waals surface area contributed by atoms with Crippen molar-refractivity contribution < 1.29 is 4.74 Å². The van der Waals surface area contributed by atoms with Gasteiger partial charge in [-0.1, -0.05) is 0 Å². The van der Waals surface area contributed by atoms with Gasteiger partial charge < -0.3 is 10.1 Å². The SMILES string of the molecule is c1cc2nnnn2nc1NC1CCCC2OCCC12. The Hall–Kier alpha value is -1.76. The number of nitrogens with one attached hydrogen (secondary N) is 1. The highest BCUT2D eigenvalue weighted by Gasteiger charge is 2.37. The van der Waals surface area contributed by atoms with Crippen LogP contribution in [0.25, 0.3) is 5.65 Å². The van der Waals surface area contributed by atoms with Crippen molar-refractivity contribution in [1.29, 1.82) is 0 Å². The number of rotatable bonds is 2. The first-order valence-electron chi connectivity index (χ1n) is 6.84. The van der Waals surface area contributed by atoms with Crippen molar-refractivity contribution in [1.82, 2.24) is 25.3 Å². The van der Waals surface area contributed by atoms with Crippen molar-refractivity contribution in [3.05, 3.63) is 12.1 Å². The van der Waals surface area contributed by atoms with E-state index in [1.54, 1.807) is 0 Å². The van der Waals surface area contributed by atoms with E-state index >= 15 is 0 Å². The number of aromatic nitrogens is 5. The van der Waals surface area contributed by atoms with Gasteiger partial charge in [-0.3, -0.25) is 0 Å². The number of tetrazole rings is 1. The summed E-state index contributed by atoms with van der Waals surface area (Å²) in [6.07, 6.45) is 5.17. The molecule has 1 saturated carbocycles. The van der Waals surface area contributed by atoms with Crippen LogP contribution in [-0.4, -0.2) is 44.0 Å². The molecular weight excluding hydrogens is 244 g/mol. The van der Waals surface area contributed by atoms with Gasteiger partial charge in [0.15, 0.2) is 5.65 Å². The van der Waals surface area contributed by atoms with E-state index in [9.17, 15) is 0 Å². The maximum atomic E-state index is 5.78. The smallest absolute Gasteiger partial charge is 0.200 e. The molecule has 2 aromatic rings. The van der Waals surface area contributed by atoms with Crippen LogP contribution in [0, 0.1) is 5.92 Å². The van der Waals surface area contributed by atoms with Crippen LogP contribution in [0.1, 0.15) is 25.7 Å². The molecule has 0 amide bonds. The Morgan fingerprint density at radius 3 is 3.26 bits per heavy atom. The number of ether oxygens (including phenoxy) is 1. The van der Waals surface area contributed by atoms with E-state index in [2.05, 4.69) is 25.9 Å². The summed E-state index contributed by atoms with van der Waals surface area (Å²) in [6, 6.07) is 4.26. The van der Waals surface area contributed by atoms with E-state index < -0.39 is 0 Å². The van der Waals surface area contributed by atoms with E-state index in [0.29, 0.717) is 23.7 Å². The van der Waals surface area contributed by atoms with Crippen molar-refractivity contribution >= 4 is 11.5 Å². The molecule has 1 N–H and O–H groups in total. The molecular formula is C12H16N6O. The Balaban J connectivity index is 1.56. The van der Waals surface area contributed by atoms with Crippen molar-refractivity contribution in [2.75, 3.05) is 11.9 Å². The molecule has 0 radical (unpaired) electrons. The summed E-state index contributed by atoms with van der Waals surface area (Å²) in [7, 11) is 0. The second-order valence-electron chi connectivity index (χ2n) is 5.29. The molecule has 2 fully saturated rings. The highest BCUT2D eigenvalue weighted by atomic mass is 16.5. The molecule has 1 saturated heterocycles. The third-order valence-electron chi connectivity index (χ3n) is 4.18. The highest BCUT2D eigenvalue weighted by molar-refractivity contribution is 5.42. The van der Waals surface area contributed by atoms with Gasteiger partial charge in [-0.05, 0) is 48.2 Å². The van der Waals surface area contributed by atoms with Crippen LogP contribution in [0.15, 0.2) is 12.1 Å². The fourth-order valence-electron chi connectivity index (χ4n) is 3.27. The summed E-state index contributed by atoms with van der Waals surface area (Å²) in [5.74, 6) is 1.44.